The lowest BCUT2D eigenvalue weighted by atomic mass is 9.75. The number of hydrogen-bond donors (Lipinski definition) is 0. The molecule has 1 fully saturated rings. The lowest BCUT2D eigenvalue weighted by Crippen LogP contribution is -2.54. The summed E-state index contributed by atoms with van der Waals surface area (Å²) in [6, 6.07) is 14.4. The molecule has 5 nitrogen and oxygen atoms in total. The van der Waals surface area contributed by atoms with Crippen LogP contribution >= 0.6 is 11.6 Å². The van der Waals surface area contributed by atoms with Gasteiger partial charge in [0.05, 0.1) is 0 Å². The van der Waals surface area contributed by atoms with Crippen molar-refractivity contribution >= 4 is 28.4 Å². The fourth-order valence-electron chi connectivity index (χ4n) is 2.80. The van der Waals surface area contributed by atoms with Crippen LogP contribution in [-0.4, -0.2) is 26.5 Å². The number of Topliss-reactive ketones (excluding diaryl/α,β-unsaturated/α-hetero) is 1. The van der Waals surface area contributed by atoms with E-state index in [0.717, 1.165) is 17.5 Å². The third kappa shape index (κ3) is 2.37. The third-order valence-corrected chi connectivity index (χ3v) is 4.52. The Labute approximate surface area is 137 Å². The second-order valence-electron chi connectivity index (χ2n) is 5.73. The molecule has 1 aliphatic carbocycles. The Kier molecular flexibility index (Phi) is 3.31. The first-order chi connectivity index (χ1) is 11.2. The maximum atomic E-state index is 12.9. The molecular weight excluding hydrogens is 314 g/mol. The van der Waals surface area contributed by atoms with Crippen LogP contribution in [0.4, 0.5) is 0 Å². The Morgan fingerprint density at radius 3 is 2.57 bits per heavy atom. The van der Waals surface area contributed by atoms with Crippen molar-refractivity contribution < 1.29 is 9.63 Å². The van der Waals surface area contributed by atoms with Crippen LogP contribution in [0.1, 0.15) is 29.6 Å². The smallest absolute Gasteiger partial charge is 0.209 e. The number of carbonyl (C=O) groups is 1. The van der Waals surface area contributed by atoms with E-state index in [2.05, 4.69) is 10.3 Å². The van der Waals surface area contributed by atoms with Crippen LogP contribution in [0.2, 0.25) is 5.02 Å². The van der Waals surface area contributed by atoms with Gasteiger partial charge in [-0.15, -0.1) is 5.10 Å². The van der Waals surface area contributed by atoms with Gasteiger partial charge in [-0.2, -0.15) is 0 Å². The van der Waals surface area contributed by atoms with Gasteiger partial charge in [0.1, 0.15) is 11.0 Å². The summed E-state index contributed by atoms with van der Waals surface area (Å²) in [6.45, 7) is 0. The zero-order valence-electron chi connectivity index (χ0n) is 12.3. The molecule has 4 rings (SSSR count). The molecule has 23 heavy (non-hydrogen) atoms. The number of fused-ring (bicyclic) bond motifs is 1. The van der Waals surface area contributed by atoms with E-state index in [4.69, 9.17) is 16.4 Å². The SMILES string of the molecule is O=C(c1ccc(Cl)cc1)C1(On2nnc3ccccc32)CCC1. The molecule has 1 aromatic heterocycles. The highest BCUT2D eigenvalue weighted by Gasteiger charge is 2.48. The van der Waals surface area contributed by atoms with E-state index in [1.54, 1.807) is 24.3 Å². The summed E-state index contributed by atoms with van der Waals surface area (Å²) in [5.41, 5.74) is 1.21. The van der Waals surface area contributed by atoms with E-state index in [9.17, 15) is 4.79 Å². The molecule has 0 unspecified atom stereocenters. The monoisotopic (exact) mass is 327 g/mol. The molecule has 0 aliphatic heterocycles. The predicted molar refractivity (Wildman–Crippen MR) is 86.5 cm³/mol. The number of halogens is 1. The van der Waals surface area contributed by atoms with E-state index in [-0.39, 0.29) is 5.78 Å². The second-order valence-corrected chi connectivity index (χ2v) is 6.16. The topological polar surface area (TPSA) is 57.0 Å². The summed E-state index contributed by atoms with van der Waals surface area (Å²) in [6.07, 6.45) is 2.29. The lowest BCUT2D eigenvalue weighted by molar-refractivity contribution is -0.0865. The molecule has 0 bridgehead atoms. The van der Waals surface area contributed by atoms with Crippen molar-refractivity contribution in [2.24, 2.45) is 0 Å². The molecule has 0 saturated heterocycles. The largest absolute Gasteiger partial charge is 0.380 e. The molecule has 1 heterocycles. The summed E-state index contributed by atoms with van der Waals surface area (Å²) < 4.78 is 0. The number of nitrogens with zero attached hydrogens (tertiary/aromatic N) is 3. The molecule has 0 amide bonds. The zero-order valence-corrected chi connectivity index (χ0v) is 13.0. The number of carbonyl (C=O) groups excluding carboxylic acids is 1. The van der Waals surface area contributed by atoms with Crippen LogP contribution in [0, 0.1) is 0 Å². The minimum absolute atomic E-state index is 0.0417. The molecule has 0 spiro atoms. The highest BCUT2D eigenvalue weighted by molar-refractivity contribution is 6.30. The molecule has 3 aromatic rings. The number of ketones is 1. The van der Waals surface area contributed by atoms with Crippen LogP contribution < -0.4 is 4.84 Å². The molecular formula is C17H14ClN3O2. The van der Waals surface area contributed by atoms with Gasteiger partial charge in [0, 0.05) is 10.6 Å². The summed E-state index contributed by atoms with van der Waals surface area (Å²) in [5, 5.41) is 8.69. The minimum Gasteiger partial charge on any atom is -0.380 e. The number of para-hydroxylation sites is 1. The Hall–Kier alpha value is -2.40. The molecule has 1 aliphatic rings. The van der Waals surface area contributed by atoms with Crippen molar-refractivity contribution in [2.45, 2.75) is 24.9 Å². The highest BCUT2D eigenvalue weighted by atomic mass is 35.5. The standard InChI is InChI=1S/C17H14ClN3O2/c18-13-8-6-12(7-9-13)16(22)17(10-3-11-17)23-21-15-5-2-1-4-14(15)19-20-21/h1-2,4-9H,3,10-11H2. The lowest BCUT2D eigenvalue weighted by Gasteiger charge is -2.38. The Bertz CT molecular complexity index is 869. The quantitative estimate of drug-likeness (QED) is 0.690. The van der Waals surface area contributed by atoms with E-state index in [0.29, 0.717) is 23.4 Å². The molecule has 0 atom stereocenters. The van der Waals surface area contributed by atoms with E-state index < -0.39 is 5.60 Å². The summed E-state index contributed by atoms with van der Waals surface area (Å²) in [4.78, 5) is 20.3. The van der Waals surface area contributed by atoms with Crippen LogP contribution in [0.5, 0.6) is 0 Å². The van der Waals surface area contributed by atoms with Crippen molar-refractivity contribution in [1.29, 1.82) is 0 Å². The fourth-order valence-corrected chi connectivity index (χ4v) is 2.93. The number of aromatic nitrogens is 3. The van der Waals surface area contributed by atoms with Gasteiger partial charge in [0.25, 0.3) is 0 Å². The van der Waals surface area contributed by atoms with E-state index in [1.165, 1.54) is 4.85 Å². The molecule has 116 valence electrons. The molecule has 0 radical (unpaired) electrons. The van der Waals surface area contributed by atoms with Gasteiger partial charge in [0.2, 0.25) is 5.78 Å². The van der Waals surface area contributed by atoms with E-state index >= 15 is 0 Å². The molecule has 2 aromatic carbocycles. The Morgan fingerprint density at radius 1 is 1.13 bits per heavy atom. The first kappa shape index (κ1) is 14.2. The zero-order chi connectivity index (χ0) is 15.9. The highest BCUT2D eigenvalue weighted by Crippen LogP contribution is 2.37. The van der Waals surface area contributed by atoms with Crippen LogP contribution in [0.15, 0.2) is 48.5 Å². The predicted octanol–water partition coefficient (Wildman–Crippen LogP) is 3.32. The first-order valence-electron chi connectivity index (χ1n) is 7.48. The fraction of sp³-hybridized carbons (Fsp3) is 0.235. The maximum absolute atomic E-state index is 12.9. The maximum Gasteiger partial charge on any atom is 0.209 e. The number of hydrogen-bond acceptors (Lipinski definition) is 4. The Morgan fingerprint density at radius 2 is 1.87 bits per heavy atom. The van der Waals surface area contributed by atoms with Crippen molar-refractivity contribution in [3.05, 3.63) is 59.1 Å². The summed E-state index contributed by atoms with van der Waals surface area (Å²) >= 11 is 5.89. The minimum atomic E-state index is -0.871. The van der Waals surface area contributed by atoms with Crippen molar-refractivity contribution in [3.8, 4) is 0 Å². The van der Waals surface area contributed by atoms with Gasteiger partial charge in [-0.3, -0.25) is 4.79 Å². The number of rotatable bonds is 4. The third-order valence-electron chi connectivity index (χ3n) is 4.26. The van der Waals surface area contributed by atoms with Crippen molar-refractivity contribution in [3.63, 3.8) is 0 Å². The van der Waals surface area contributed by atoms with Gasteiger partial charge >= 0.3 is 0 Å². The summed E-state index contributed by atoms with van der Waals surface area (Å²) in [5.74, 6) is -0.0417. The second kappa shape index (κ2) is 5.35. The van der Waals surface area contributed by atoms with Gasteiger partial charge in [0.15, 0.2) is 5.60 Å². The van der Waals surface area contributed by atoms with Gasteiger partial charge in [-0.1, -0.05) is 28.6 Å². The van der Waals surface area contributed by atoms with Gasteiger partial charge < -0.3 is 4.84 Å². The summed E-state index contributed by atoms with van der Waals surface area (Å²) in [7, 11) is 0. The van der Waals surface area contributed by atoms with E-state index in [1.807, 2.05) is 24.3 Å². The van der Waals surface area contributed by atoms with Crippen LogP contribution in [-0.2, 0) is 0 Å². The normalized spacial score (nSPS) is 16.0. The molecule has 1 saturated carbocycles. The van der Waals surface area contributed by atoms with Crippen molar-refractivity contribution in [1.82, 2.24) is 15.2 Å². The average molecular weight is 328 g/mol. The van der Waals surface area contributed by atoms with Gasteiger partial charge in [-0.25, -0.2) is 0 Å². The Balaban J connectivity index is 1.67. The first-order valence-corrected chi connectivity index (χ1v) is 7.86. The number of benzene rings is 2. The van der Waals surface area contributed by atoms with Crippen LogP contribution in [0.3, 0.4) is 0 Å². The van der Waals surface area contributed by atoms with Crippen LogP contribution in [0.25, 0.3) is 11.0 Å². The van der Waals surface area contributed by atoms with Crippen molar-refractivity contribution in [2.75, 3.05) is 0 Å². The molecule has 6 heteroatoms. The van der Waals surface area contributed by atoms with Gasteiger partial charge in [-0.05, 0) is 60.9 Å². The molecule has 0 N–H and O–H groups in total. The average Bonchev–Trinajstić information content (AvgIpc) is 2.94.